The van der Waals surface area contributed by atoms with Crippen LogP contribution in [0.25, 0.3) is 0 Å². The fraction of sp³-hybridized carbons (Fsp3) is 0.158. The topological polar surface area (TPSA) is 122 Å². The van der Waals surface area contributed by atoms with Crippen LogP contribution in [0, 0.1) is 11.3 Å². The molecule has 0 aliphatic carbocycles. The summed E-state index contributed by atoms with van der Waals surface area (Å²) in [6.07, 6.45) is 0.207. The first-order chi connectivity index (χ1) is 12.4. The summed E-state index contributed by atoms with van der Waals surface area (Å²) in [7, 11) is 0. The van der Waals surface area contributed by atoms with Crippen molar-refractivity contribution in [2.75, 3.05) is 0 Å². The molecule has 1 atom stereocenters. The third-order valence-electron chi connectivity index (χ3n) is 3.55. The maximum atomic E-state index is 12.3. The number of hydrogen-bond acceptors (Lipinski definition) is 5. The number of primary amides is 1. The normalized spacial score (nSPS) is 11.1. The lowest BCUT2D eigenvalue weighted by Crippen LogP contribution is -2.45. The predicted molar refractivity (Wildman–Crippen MR) is 93.1 cm³/mol. The van der Waals surface area contributed by atoms with Gasteiger partial charge in [-0.2, -0.15) is 5.26 Å². The molecule has 7 heteroatoms. The highest BCUT2D eigenvalue weighted by Crippen LogP contribution is 2.13. The molecule has 2 aromatic carbocycles. The van der Waals surface area contributed by atoms with E-state index in [0.717, 1.165) is 5.56 Å². The summed E-state index contributed by atoms with van der Waals surface area (Å²) in [4.78, 5) is 34.9. The lowest BCUT2D eigenvalue weighted by atomic mass is 10.0. The molecule has 0 fully saturated rings. The van der Waals surface area contributed by atoms with Crippen LogP contribution < -0.4 is 15.8 Å². The molecule has 2 aromatic rings. The Morgan fingerprint density at radius 2 is 1.73 bits per heavy atom. The van der Waals surface area contributed by atoms with Gasteiger partial charge in [-0.3, -0.25) is 14.4 Å². The molecule has 0 unspecified atom stereocenters. The summed E-state index contributed by atoms with van der Waals surface area (Å²) < 4.78 is 4.90. The van der Waals surface area contributed by atoms with Crippen LogP contribution in [0.15, 0.2) is 48.5 Å². The van der Waals surface area contributed by atoms with Gasteiger partial charge in [0.25, 0.3) is 5.91 Å². The quantitative estimate of drug-likeness (QED) is 0.600. The van der Waals surface area contributed by atoms with E-state index >= 15 is 0 Å². The van der Waals surface area contributed by atoms with Gasteiger partial charge in [0, 0.05) is 18.9 Å². The van der Waals surface area contributed by atoms with Gasteiger partial charge in [-0.1, -0.05) is 12.1 Å². The number of carbonyl (C=O) groups excluding carboxylic acids is 3. The van der Waals surface area contributed by atoms with Crippen molar-refractivity contribution in [1.29, 1.82) is 5.26 Å². The predicted octanol–water partition coefficient (Wildman–Crippen LogP) is 1.31. The van der Waals surface area contributed by atoms with Crippen molar-refractivity contribution in [1.82, 2.24) is 5.32 Å². The molecule has 0 aliphatic heterocycles. The Labute approximate surface area is 150 Å². The molecule has 3 N–H and O–H groups in total. The van der Waals surface area contributed by atoms with E-state index in [2.05, 4.69) is 5.32 Å². The van der Waals surface area contributed by atoms with Crippen molar-refractivity contribution >= 4 is 17.8 Å². The molecule has 2 amide bonds. The first-order valence-electron chi connectivity index (χ1n) is 7.76. The van der Waals surface area contributed by atoms with E-state index in [1.807, 2.05) is 6.07 Å². The van der Waals surface area contributed by atoms with E-state index in [-0.39, 0.29) is 6.42 Å². The van der Waals surface area contributed by atoms with Gasteiger partial charge >= 0.3 is 5.97 Å². The minimum absolute atomic E-state index is 0.207. The summed E-state index contributed by atoms with van der Waals surface area (Å²) in [5, 5.41) is 11.4. The Kier molecular flexibility index (Phi) is 6.06. The molecule has 0 saturated heterocycles. The molecule has 26 heavy (non-hydrogen) atoms. The zero-order chi connectivity index (χ0) is 19.1. The van der Waals surface area contributed by atoms with E-state index < -0.39 is 23.8 Å². The van der Waals surface area contributed by atoms with Crippen molar-refractivity contribution in [3.05, 3.63) is 65.2 Å². The Morgan fingerprint density at radius 3 is 2.23 bits per heavy atom. The van der Waals surface area contributed by atoms with Crippen LogP contribution in [0.4, 0.5) is 0 Å². The minimum atomic E-state index is -0.899. The van der Waals surface area contributed by atoms with E-state index in [1.165, 1.54) is 31.2 Å². The lowest BCUT2D eigenvalue weighted by Gasteiger charge is -2.16. The van der Waals surface area contributed by atoms with Crippen molar-refractivity contribution in [2.24, 2.45) is 5.73 Å². The molecule has 7 nitrogen and oxygen atoms in total. The maximum absolute atomic E-state index is 12.3. The van der Waals surface area contributed by atoms with Crippen LogP contribution in [0.5, 0.6) is 5.75 Å². The van der Waals surface area contributed by atoms with E-state index in [0.29, 0.717) is 16.9 Å². The van der Waals surface area contributed by atoms with Gasteiger partial charge in [0.1, 0.15) is 11.8 Å². The minimum Gasteiger partial charge on any atom is -0.427 e. The van der Waals surface area contributed by atoms with Crippen molar-refractivity contribution in [3.8, 4) is 11.8 Å². The molecule has 0 heterocycles. The van der Waals surface area contributed by atoms with Crippen molar-refractivity contribution in [3.63, 3.8) is 0 Å². The molecular formula is C19H17N3O4. The van der Waals surface area contributed by atoms with Gasteiger partial charge in [-0.15, -0.1) is 0 Å². The second kappa shape index (κ2) is 8.44. The van der Waals surface area contributed by atoms with Crippen molar-refractivity contribution in [2.45, 2.75) is 19.4 Å². The zero-order valence-electron chi connectivity index (χ0n) is 14.1. The Morgan fingerprint density at radius 1 is 1.12 bits per heavy atom. The molecule has 0 aromatic heterocycles. The number of ether oxygens (including phenoxy) is 1. The van der Waals surface area contributed by atoms with Crippen LogP contribution in [-0.4, -0.2) is 23.8 Å². The summed E-state index contributed by atoms with van der Waals surface area (Å²) >= 11 is 0. The summed E-state index contributed by atoms with van der Waals surface area (Å²) in [6.45, 7) is 1.28. The van der Waals surface area contributed by atoms with Crippen LogP contribution in [-0.2, 0) is 16.0 Å². The van der Waals surface area contributed by atoms with Gasteiger partial charge in [0.15, 0.2) is 0 Å². The number of nitrogens with two attached hydrogens (primary N) is 1. The third kappa shape index (κ3) is 5.18. The highest BCUT2D eigenvalue weighted by molar-refractivity contribution is 5.97. The number of amides is 2. The summed E-state index contributed by atoms with van der Waals surface area (Å²) in [5.74, 6) is -1.28. The second-order valence-electron chi connectivity index (χ2n) is 5.56. The number of benzene rings is 2. The first kappa shape index (κ1) is 18.7. The SMILES string of the molecule is CC(=O)Oc1ccc(C(=O)N[C@H](Cc2ccc(C#N)cc2)C(N)=O)cc1. The van der Waals surface area contributed by atoms with Gasteiger partial charge in [0.2, 0.25) is 5.91 Å². The molecule has 0 saturated carbocycles. The van der Waals surface area contributed by atoms with Gasteiger partial charge in [-0.25, -0.2) is 0 Å². The number of hydrogen-bond donors (Lipinski definition) is 2. The fourth-order valence-corrected chi connectivity index (χ4v) is 2.26. The van der Waals surface area contributed by atoms with Crippen LogP contribution >= 0.6 is 0 Å². The number of nitrogens with zero attached hydrogens (tertiary/aromatic N) is 1. The van der Waals surface area contributed by atoms with Crippen LogP contribution in [0.1, 0.15) is 28.4 Å². The third-order valence-corrected chi connectivity index (χ3v) is 3.55. The first-order valence-corrected chi connectivity index (χ1v) is 7.76. The lowest BCUT2D eigenvalue weighted by molar-refractivity contribution is -0.131. The van der Waals surface area contributed by atoms with Crippen LogP contribution in [0.3, 0.4) is 0 Å². The van der Waals surface area contributed by atoms with E-state index in [9.17, 15) is 14.4 Å². The van der Waals surface area contributed by atoms with Gasteiger partial charge in [-0.05, 0) is 42.0 Å². The number of nitrogens with one attached hydrogen (secondary N) is 1. The number of carbonyl (C=O) groups is 3. The Hall–Kier alpha value is -3.66. The highest BCUT2D eigenvalue weighted by Gasteiger charge is 2.19. The summed E-state index contributed by atoms with van der Waals surface area (Å²) in [5.41, 5.74) is 6.94. The van der Waals surface area contributed by atoms with Gasteiger partial charge < -0.3 is 15.8 Å². The molecule has 0 spiro atoms. The van der Waals surface area contributed by atoms with E-state index in [1.54, 1.807) is 24.3 Å². The zero-order valence-corrected chi connectivity index (χ0v) is 14.1. The number of nitriles is 1. The average Bonchev–Trinajstić information content (AvgIpc) is 2.61. The smallest absolute Gasteiger partial charge is 0.308 e. The molecular weight excluding hydrogens is 334 g/mol. The fourth-order valence-electron chi connectivity index (χ4n) is 2.26. The van der Waals surface area contributed by atoms with Crippen LogP contribution in [0.2, 0.25) is 0 Å². The monoisotopic (exact) mass is 351 g/mol. The molecule has 0 aliphatic rings. The molecule has 0 bridgehead atoms. The Bertz CT molecular complexity index is 852. The second-order valence-corrected chi connectivity index (χ2v) is 5.56. The maximum Gasteiger partial charge on any atom is 0.308 e. The van der Waals surface area contributed by atoms with Gasteiger partial charge in [0.05, 0.1) is 11.6 Å². The van der Waals surface area contributed by atoms with E-state index in [4.69, 9.17) is 15.7 Å². The molecule has 0 radical (unpaired) electrons. The summed E-state index contributed by atoms with van der Waals surface area (Å²) in [6, 6.07) is 13.7. The number of rotatable bonds is 6. The molecule has 2 rings (SSSR count). The number of esters is 1. The Balaban J connectivity index is 2.06. The average molecular weight is 351 g/mol. The largest absolute Gasteiger partial charge is 0.427 e. The molecule has 132 valence electrons. The highest BCUT2D eigenvalue weighted by atomic mass is 16.5. The standard InChI is InChI=1S/C19H17N3O4/c1-12(23)26-16-8-6-15(7-9-16)19(25)22-17(18(21)24)10-13-2-4-14(11-20)5-3-13/h2-9,17H,10H2,1H3,(H2,21,24)(H,22,25)/t17-/m1/s1. The van der Waals surface area contributed by atoms with Crippen molar-refractivity contribution < 1.29 is 19.1 Å².